The smallest absolute Gasteiger partial charge is 0.293 e. The first-order chi connectivity index (χ1) is 13.9. The minimum Gasteiger partial charge on any atom is -0.325 e. The van der Waals surface area contributed by atoms with Crippen LogP contribution >= 0.6 is 0 Å². The molecule has 0 bridgehead atoms. The van der Waals surface area contributed by atoms with E-state index in [9.17, 15) is 22.4 Å². The van der Waals surface area contributed by atoms with Gasteiger partial charge in [-0.15, -0.1) is 0 Å². The van der Waals surface area contributed by atoms with E-state index in [4.69, 9.17) is 0 Å². The van der Waals surface area contributed by atoms with Crippen LogP contribution in [-0.4, -0.2) is 57.3 Å². The number of rotatable bonds is 5. The van der Waals surface area contributed by atoms with Gasteiger partial charge in [-0.1, -0.05) is 30.3 Å². The van der Waals surface area contributed by atoms with E-state index in [1.54, 1.807) is 30.3 Å². The Balaban J connectivity index is 1.48. The van der Waals surface area contributed by atoms with Crippen LogP contribution in [0.15, 0.2) is 59.5 Å². The summed E-state index contributed by atoms with van der Waals surface area (Å²) in [6.45, 7) is 1.23. The second-order valence-electron chi connectivity index (χ2n) is 6.63. The van der Waals surface area contributed by atoms with Gasteiger partial charge in [-0.2, -0.15) is 4.31 Å². The molecular formula is C19H22FN4O4S+. The van der Waals surface area contributed by atoms with Gasteiger partial charge in [0, 0.05) is 5.56 Å². The highest BCUT2D eigenvalue weighted by Gasteiger charge is 2.32. The molecular weight excluding hydrogens is 399 g/mol. The Morgan fingerprint density at radius 3 is 2.24 bits per heavy atom. The maximum Gasteiger partial charge on any atom is 0.293 e. The first-order valence-corrected chi connectivity index (χ1v) is 10.5. The maximum absolute atomic E-state index is 13.9. The Labute approximate surface area is 168 Å². The number of hydrazine groups is 1. The predicted molar refractivity (Wildman–Crippen MR) is 103 cm³/mol. The molecule has 0 aromatic heterocycles. The Bertz CT molecular complexity index is 977. The minimum absolute atomic E-state index is 0.0860. The molecule has 1 aliphatic heterocycles. The molecule has 1 fully saturated rings. The number of halogens is 1. The normalized spacial score (nSPS) is 15.6. The number of carbonyl (C=O) groups excluding carboxylic acids is 2. The number of nitrogens with one attached hydrogen (secondary N) is 3. The molecule has 0 radical (unpaired) electrons. The average Bonchev–Trinajstić information content (AvgIpc) is 2.73. The second-order valence-corrected chi connectivity index (χ2v) is 8.54. The van der Waals surface area contributed by atoms with Crippen LogP contribution in [0.4, 0.5) is 4.39 Å². The summed E-state index contributed by atoms with van der Waals surface area (Å²) in [5, 5.41) is 0. The highest BCUT2D eigenvalue weighted by atomic mass is 32.2. The lowest BCUT2D eigenvalue weighted by molar-refractivity contribution is -0.895. The van der Waals surface area contributed by atoms with Gasteiger partial charge in [-0.05, 0) is 24.3 Å². The lowest BCUT2D eigenvalue weighted by Gasteiger charge is -2.31. The van der Waals surface area contributed by atoms with Gasteiger partial charge < -0.3 is 4.90 Å². The van der Waals surface area contributed by atoms with Crippen molar-refractivity contribution in [1.82, 2.24) is 15.2 Å². The number of amides is 2. The molecule has 29 heavy (non-hydrogen) atoms. The quantitative estimate of drug-likeness (QED) is 0.549. The number of carbonyl (C=O) groups is 2. The van der Waals surface area contributed by atoms with Gasteiger partial charge >= 0.3 is 0 Å². The number of hydrogen-bond acceptors (Lipinski definition) is 4. The lowest BCUT2D eigenvalue weighted by atomic mass is 10.2. The number of piperazine rings is 1. The monoisotopic (exact) mass is 421 g/mol. The summed E-state index contributed by atoms with van der Waals surface area (Å²) in [6, 6.07) is 13.7. The number of quaternary nitrogens is 1. The third-order valence-corrected chi connectivity index (χ3v) is 6.58. The van der Waals surface area contributed by atoms with E-state index in [0.717, 1.165) is 11.0 Å². The fraction of sp³-hybridized carbons (Fsp3) is 0.263. The molecule has 0 aliphatic carbocycles. The molecule has 0 atom stereocenters. The molecule has 3 N–H and O–H groups in total. The number of hydrogen-bond donors (Lipinski definition) is 3. The summed E-state index contributed by atoms with van der Waals surface area (Å²) >= 11 is 0. The van der Waals surface area contributed by atoms with Crippen molar-refractivity contribution in [2.45, 2.75) is 4.90 Å². The zero-order valence-corrected chi connectivity index (χ0v) is 16.4. The van der Waals surface area contributed by atoms with Gasteiger partial charge in [0.05, 0.1) is 26.2 Å². The molecule has 2 amide bonds. The summed E-state index contributed by atoms with van der Waals surface area (Å²) in [6.07, 6.45) is 0. The van der Waals surface area contributed by atoms with Crippen molar-refractivity contribution < 1.29 is 27.3 Å². The minimum atomic E-state index is -3.91. The van der Waals surface area contributed by atoms with Crippen LogP contribution in [-0.2, 0) is 14.8 Å². The summed E-state index contributed by atoms with van der Waals surface area (Å²) in [4.78, 5) is 24.5. The SMILES string of the molecule is O=C(C[NH+]1CCN(S(=O)(=O)c2ccccc2F)CC1)NNC(=O)c1ccccc1. The summed E-state index contributed by atoms with van der Waals surface area (Å²) < 4.78 is 40.3. The van der Waals surface area contributed by atoms with Gasteiger partial charge in [0.1, 0.15) is 10.7 Å². The van der Waals surface area contributed by atoms with E-state index in [1.165, 1.54) is 22.5 Å². The molecule has 2 aromatic rings. The van der Waals surface area contributed by atoms with Crippen molar-refractivity contribution in [2.24, 2.45) is 0 Å². The highest BCUT2D eigenvalue weighted by molar-refractivity contribution is 7.89. The van der Waals surface area contributed by atoms with E-state index in [1.807, 2.05) is 0 Å². The molecule has 3 rings (SSSR count). The zero-order chi connectivity index (χ0) is 20.9. The van der Waals surface area contributed by atoms with Gasteiger partial charge in [0.25, 0.3) is 11.8 Å². The van der Waals surface area contributed by atoms with Gasteiger partial charge in [0.2, 0.25) is 10.0 Å². The van der Waals surface area contributed by atoms with Crippen molar-refractivity contribution in [3.8, 4) is 0 Å². The number of nitrogens with zero attached hydrogens (tertiary/aromatic N) is 1. The van der Waals surface area contributed by atoms with Crippen LogP contribution < -0.4 is 15.8 Å². The molecule has 2 aromatic carbocycles. The van der Waals surface area contributed by atoms with Crippen molar-refractivity contribution in [3.63, 3.8) is 0 Å². The molecule has 8 nitrogen and oxygen atoms in total. The molecule has 0 spiro atoms. The molecule has 1 heterocycles. The highest BCUT2D eigenvalue weighted by Crippen LogP contribution is 2.18. The van der Waals surface area contributed by atoms with Crippen molar-refractivity contribution >= 4 is 21.8 Å². The van der Waals surface area contributed by atoms with Crippen molar-refractivity contribution in [1.29, 1.82) is 0 Å². The molecule has 154 valence electrons. The Morgan fingerprint density at radius 1 is 0.966 bits per heavy atom. The van der Waals surface area contributed by atoms with Crippen LogP contribution in [0.2, 0.25) is 0 Å². The standard InChI is InChI=1S/C19H21FN4O4S/c20-16-8-4-5-9-17(16)29(27,28)24-12-10-23(11-13-24)14-18(25)21-22-19(26)15-6-2-1-3-7-15/h1-9H,10-14H2,(H,21,25)(H,22,26)/p+1. The zero-order valence-electron chi connectivity index (χ0n) is 15.6. The van der Waals surface area contributed by atoms with Crippen LogP contribution in [0.5, 0.6) is 0 Å². The topological polar surface area (TPSA) is 100 Å². The van der Waals surface area contributed by atoms with E-state index < -0.39 is 21.7 Å². The van der Waals surface area contributed by atoms with Crippen molar-refractivity contribution in [3.05, 3.63) is 66.0 Å². The Kier molecular flexibility index (Phi) is 6.57. The summed E-state index contributed by atoms with van der Waals surface area (Å²) in [5.74, 6) is -1.58. The molecule has 1 saturated heterocycles. The number of benzene rings is 2. The number of sulfonamides is 1. The van der Waals surface area contributed by atoms with Crippen LogP contribution in [0.25, 0.3) is 0 Å². The fourth-order valence-corrected chi connectivity index (χ4v) is 4.58. The largest absolute Gasteiger partial charge is 0.325 e. The van der Waals surface area contributed by atoms with E-state index in [-0.39, 0.29) is 30.4 Å². The summed E-state index contributed by atoms with van der Waals surface area (Å²) in [5.41, 5.74) is 5.13. The van der Waals surface area contributed by atoms with E-state index in [0.29, 0.717) is 18.7 Å². The predicted octanol–water partition coefficient (Wildman–Crippen LogP) is -0.824. The third-order valence-electron chi connectivity index (χ3n) is 4.65. The molecule has 10 heteroatoms. The van der Waals surface area contributed by atoms with E-state index >= 15 is 0 Å². The molecule has 1 aliphatic rings. The Morgan fingerprint density at radius 2 is 1.59 bits per heavy atom. The molecule has 0 unspecified atom stereocenters. The van der Waals surface area contributed by atoms with Crippen LogP contribution in [0.1, 0.15) is 10.4 Å². The third kappa shape index (κ3) is 5.17. The first kappa shape index (κ1) is 20.9. The summed E-state index contributed by atoms with van der Waals surface area (Å²) in [7, 11) is -3.91. The lowest BCUT2D eigenvalue weighted by Crippen LogP contribution is -3.16. The van der Waals surface area contributed by atoms with Gasteiger partial charge in [-0.25, -0.2) is 12.8 Å². The van der Waals surface area contributed by atoms with E-state index in [2.05, 4.69) is 10.9 Å². The van der Waals surface area contributed by atoms with Gasteiger partial charge in [0.15, 0.2) is 6.54 Å². The second kappa shape index (κ2) is 9.12. The maximum atomic E-state index is 13.9. The van der Waals surface area contributed by atoms with Gasteiger partial charge in [-0.3, -0.25) is 20.4 Å². The Hall–Kier alpha value is -2.82. The van der Waals surface area contributed by atoms with Crippen LogP contribution in [0, 0.1) is 5.82 Å². The molecule has 0 saturated carbocycles. The first-order valence-electron chi connectivity index (χ1n) is 9.10. The fourth-order valence-electron chi connectivity index (χ4n) is 3.07. The van der Waals surface area contributed by atoms with Crippen LogP contribution in [0.3, 0.4) is 0 Å². The van der Waals surface area contributed by atoms with Crippen molar-refractivity contribution in [2.75, 3.05) is 32.7 Å². The average molecular weight is 421 g/mol.